The second-order valence-electron chi connectivity index (χ2n) is 5.42. The number of hydrogen-bond donors (Lipinski definition) is 1. The van der Waals surface area contributed by atoms with Crippen LogP contribution in [0.1, 0.15) is 36.3 Å². The third-order valence-electron chi connectivity index (χ3n) is 3.87. The summed E-state index contributed by atoms with van der Waals surface area (Å²) in [5, 5.41) is 13.9. The van der Waals surface area contributed by atoms with Crippen LogP contribution in [0, 0.1) is 5.92 Å². The molecular formula is C14H23N3O3. The lowest BCUT2D eigenvalue weighted by Gasteiger charge is -2.34. The number of piperidine rings is 1. The lowest BCUT2D eigenvalue weighted by Crippen LogP contribution is -2.41. The Bertz CT molecular complexity index is 472. The van der Waals surface area contributed by atoms with E-state index in [4.69, 9.17) is 4.74 Å². The highest BCUT2D eigenvalue weighted by Crippen LogP contribution is 2.20. The maximum absolute atomic E-state index is 11.9. The largest absolute Gasteiger partial charge is 0.462 e. The molecule has 6 nitrogen and oxygen atoms in total. The maximum Gasteiger partial charge on any atom is 0.341 e. The summed E-state index contributed by atoms with van der Waals surface area (Å²) in [4.78, 5) is 14.1. The standard InChI is InChI=1S/C14H23N3O3/c1-4-20-14(19)11-7-15-16(3)12(11)9-17-6-5-13(18)10(2)8-17/h7,10,13,18H,4-6,8-9H2,1-3H3. The lowest BCUT2D eigenvalue weighted by atomic mass is 9.96. The minimum Gasteiger partial charge on any atom is -0.462 e. The van der Waals surface area contributed by atoms with Gasteiger partial charge in [0.2, 0.25) is 0 Å². The van der Waals surface area contributed by atoms with Crippen LogP contribution in [0.4, 0.5) is 0 Å². The summed E-state index contributed by atoms with van der Waals surface area (Å²) in [5.41, 5.74) is 1.40. The molecule has 0 amide bonds. The van der Waals surface area contributed by atoms with E-state index in [1.54, 1.807) is 17.8 Å². The van der Waals surface area contributed by atoms with E-state index >= 15 is 0 Å². The average Bonchev–Trinajstić information content (AvgIpc) is 2.76. The van der Waals surface area contributed by atoms with Crippen LogP contribution < -0.4 is 0 Å². The molecular weight excluding hydrogens is 258 g/mol. The molecule has 1 N–H and O–H groups in total. The van der Waals surface area contributed by atoms with Crippen molar-refractivity contribution in [2.45, 2.75) is 32.9 Å². The van der Waals surface area contributed by atoms with Gasteiger partial charge in [-0.3, -0.25) is 9.58 Å². The monoisotopic (exact) mass is 281 g/mol. The van der Waals surface area contributed by atoms with Gasteiger partial charge in [0.25, 0.3) is 0 Å². The Kier molecular flexibility index (Phi) is 4.77. The molecule has 0 radical (unpaired) electrons. The van der Waals surface area contributed by atoms with Crippen molar-refractivity contribution in [3.8, 4) is 0 Å². The van der Waals surface area contributed by atoms with Gasteiger partial charge in [-0.2, -0.15) is 5.10 Å². The summed E-state index contributed by atoms with van der Waals surface area (Å²) in [6.45, 7) is 6.52. The van der Waals surface area contributed by atoms with Crippen molar-refractivity contribution in [1.82, 2.24) is 14.7 Å². The van der Waals surface area contributed by atoms with Crippen LogP contribution in [-0.2, 0) is 18.3 Å². The Morgan fingerprint density at radius 3 is 3.00 bits per heavy atom. The van der Waals surface area contributed by atoms with Crippen LogP contribution in [0.15, 0.2) is 6.20 Å². The van der Waals surface area contributed by atoms with Gasteiger partial charge >= 0.3 is 5.97 Å². The Balaban J connectivity index is 2.09. The minimum atomic E-state index is -0.319. The summed E-state index contributed by atoms with van der Waals surface area (Å²) in [6, 6.07) is 0. The molecule has 2 heterocycles. The summed E-state index contributed by atoms with van der Waals surface area (Å²) >= 11 is 0. The number of likely N-dealkylation sites (tertiary alicyclic amines) is 1. The van der Waals surface area contributed by atoms with Crippen LogP contribution in [-0.4, -0.2) is 51.6 Å². The van der Waals surface area contributed by atoms with E-state index in [0.29, 0.717) is 18.7 Å². The van der Waals surface area contributed by atoms with Crippen molar-refractivity contribution in [2.24, 2.45) is 13.0 Å². The van der Waals surface area contributed by atoms with E-state index in [-0.39, 0.29) is 18.0 Å². The summed E-state index contributed by atoms with van der Waals surface area (Å²) in [5.74, 6) is -0.0660. The summed E-state index contributed by atoms with van der Waals surface area (Å²) < 4.78 is 6.78. The molecule has 0 saturated carbocycles. The fourth-order valence-corrected chi connectivity index (χ4v) is 2.60. The fraction of sp³-hybridized carbons (Fsp3) is 0.714. The molecule has 1 aliphatic rings. The maximum atomic E-state index is 11.9. The van der Waals surface area contributed by atoms with E-state index in [1.807, 2.05) is 14.0 Å². The van der Waals surface area contributed by atoms with Crippen LogP contribution in [0.25, 0.3) is 0 Å². The molecule has 6 heteroatoms. The number of aliphatic hydroxyl groups is 1. The van der Waals surface area contributed by atoms with E-state index in [1.165, 1.54) is 0 Å². The smallest absolute Gasteiger partial charge is 0.341 e. The molecule has 2 rings (SSSR count). The average molecular weight is 281 g/mol. The predicted molar refractivity (Wildman–Crippen MR) is 74.2 cm³/mol. The second-order valence-corrected chi connectivity index (χ2v) is 5.42. The summed E-state index contributed by atoms with van der Waals surface area (Å²) in [6.07, 6.45) is 2.12. The van der Waals surface area contributed by atoms with E-state index < -0.39 is 0 Å². The Hall–Kier alpha value is -1.40. The number of aryl methyl sites for hydroxylation is 1. The van der Waals surface area contributed by atoms with Crippen molar-refractivity contribution in [3.63, 3.8) is 0 Å². The number of ether oxygens (including phenoxy) is 1. The van der Waals surface area contributed by atoms with Crippen molar-refractivity contribution < 1.29 is 14.6 Å². The highest BCUT2D eigenvalue weighted by atomic mass is 16.5. The SMILES string of the molecule is CCOC(=O)c1cnn(C)c1CN1CCC(O)C(C)C1. The normalized spacial score (nSPS) is 23.8. The van der Waals surface area contributed by atoms with Gasteiger partial charge in [-0.1, -0.05) is 6.92 Å². The van der Waals surface area contributed by atoms with Crippen molar-refractivity contribution >= 4 is 5.97 Å². The van der Waals surface area contributed by atoms with Gasteiger partial charge in [0, 0.05) is 26.7 Å². The molecule has 0 bridgehead atoms. The van der Waals surface area contributed by atoms with Gasteiger partial charge in [0.15, 0.2) is 0 Å². The van der Waals surface area contributed by atoms with Crippen molar-refractivity contribution in [1.29, 1.82) is 0 Å². The molecule has 0 spiro atoms. The first-order valence-electron chi connectivity index (χ1n) is 7.11. The second kappa shape index (κ2) is 6.37. The Morgan fingerprint density at radius 2 is 2.35 bits per heavy atom. The molecule has 20 heavy (non-hydrogen) atoms. The highest BCUT2D eigenvalue weighted by molar-refractivity contribution is 5.90. The molecule has 1 aromatic heterocycles. The Labute approximate surface area is 119 Å². The van der Waals surface area contributed by atoms with Crippen LogP contribution >= 0.6 is 0 Å². The predicted octanol–water partition coefficient (Wildman–Crippen LogP) is 0.799. The molecule has 1 fully saturated rings. The van der Waals surface area contributed by atoms with Crippen molar-refractivity contribution in [3.05, 3.63) is 17.5 Å². The van der Waals surface area contributed by atoms with Crippen LogP contribution in [0.3, 0.4) is 0 Å². The van der Waals surface area contributed by atoms with E-state index in [2.05, 4.69) is 10.00 Å². The zero-order valence-corrected chi connectivity index (χ0v) is 12.4. The van der Waals surface area contributed by atoms with Gasteiger partial charge in [-0.05, 0) is 19.3 Å². The molecule has 2 atom stereocenters. The number of aromatic nitrogens is 2. The fourth-order valence-electron chi connectivity index (χ4n) is 2.60. The van der Waals surface area contributed by atoms with Gasteiger partial charge in [0.05, 0.1) is 24.6 Å². The first kappa shape index (κ1) is 15.0. The molecule has 0 aliphatic carbocycles. The minimum absolute atomic E-state index is 0.220. The highest BCUT2D eigenvalue weighted by Gasteiger charge is 2.26. The van der Waals surface area contributed by atoms with E-state index in [9.17, 15) is 9.90 Å². The van der Waals surface area contributed by atoms with Crippen molar-refractivity contribution in [2.75, 3.05) is 19.7 Å². The number of aliphatic hydroxyl groups excluding tert-OH is 1. The van der Waals surface area contributed by atoms with Gasteiger partial charge < -0.3 is 9.84 Å². The molecule has 112 valence electrons. The van der Waals surface area contributed by atoms with Crippen LogP contribution in [0.5, 0.6) is 0 Å². The zero-order valence-electron chi connectivity index (χ0n) is 12.4. The number of carbonyl (C=O) groups excluding carboxylic acids is 1. The molecule has 1 aromatic rings. The molecule has 0 aromatic carbocycles. The Morgan fingerprint density at radius 1 is 1.60 bits per heavy atom. The molecule has 2 unspecified atom stereocenters. The quantitative estimate of drug-likeness (QED) is 0.827. The topological polar surface area (TPSA) is 67.6 Å². The first-order chi connectivity index (χ1) is 9.52. The number of hydrogen-bond acceptors (Lipinski definition) is 5. The number of carbonyl (C=O) groups is 1. The first-order valence-corrected chi connectivity index (χ1v) is 7.11. The van der Waals surface area contributed by atoms with E-state index in [0.717, 1.165) is 25.2 Å². The van der Waals surface area contributed by atoms with Gasteiger partial charge in [-0.25, -0.2) is 4.79 Å². The zero-order chi connectivity index (χ0) is 14.7. The van der Waals surface area contributed by atoms with Gasteiger partial charge in [0.1, 0.15) is 5.56 Å². The van der Waals surface area contributed by atoms with Crippen LogP contribution in [0.2, 0.25) is 0 Å². The van der Waals surface area contributed by atoms with Gasteiger partial charge in [-0.15, -0.1) is 0 Å². The molecule has 1 saturated heterocycles. The summed E-state index contributed by atoms with van der Waals surface area (Å²) in [7, 11) is 1.83. The molecule has 1 aliphatic heterocycles. The lowest BCUT2D eigenvalue weighted by molar-refractivity contribution is 0.0306. The third-order valence-corrected chi connectivity index (χ3v) is 3.87. The number of esters is 1. The number of rotatable bonds is 4. The third kappa shape index (κ3) is 3.19. The number of nitrogens with zero attached hydrogens (tertiary/aromatic N) is 3.